The molecule has 0 bridgehead atoms. The van der Waals surface area contributed by atoms with Crippen LogP contribution in [-0.4, -0.2) is 6.85 Å². The van der Waals surface area contributed by atoms with Crippen LogP contribution in [0.2, 0.25) is 0 Å². The largest absolute Gasteiger partial charge is 0.456 e. The zero-order chi connectivity index (χ0) is 44.9. The van der Waals surface area contributed by atoms with Gasteiger partial charge in [0.25, 0.3) is 0 Å². The molecular weight excluding hydrogens is 800 g/mol. The van der Waals surface area contributed by atoms with E-state index >= 15 is 0 Å². The first-order valence-corrected chi connectivity index (χ1v) is 23.3. The van der Waals surface area contributed by atoms with E-state index in [2.05, 4.69) is 251 Å². The van der Waals surface area contributed by atoms with Gasteiger partial charge in [0.15, 0.2) is 0 Å². The third-order valence-corrected chi connectivity index (χ3v) is 14.0. The maximum atomic E-state index is 6.82. The van der Waals surface area contributed by atoms with E-state index in [1.54, 1.807) is 0 Å². The molecule has 4 heteroatoms. The molecule has 0 radical (unpaired) electrons. The Balaban J connectivity index is 1.25. The van der Waals surface area contributed by atoms with E-state index < -0.39 is 0 Å². The first-order chi connectivity index (χ1) is 32.0. The summed E-state index contributed by atoms with van der Waals surface area (Å²) >= 11 is 0. The minimum atomic E-state index is -0.219. The van der Waals surface area contributed by atoms with Gasteiger partial charge in [-0.2, -0.15) is 0 Å². The fourth-order valence-corrected chi connectivity index (χ4v) is 10.6. The average molecular weight is 851 g/mol. The minimum Gasteiger partial charge on any atom is -0.456 e. The summed E-state index contributed by atoms with van der Waals surface area (Å²) < 4.78 is 6.82. The second-order valence-electron chi connectivity index (χ2n) is 20.1. The first-order valence-electron chi connectivity index (χ1n) is 23.3. The molecule has 0 saturated heterocycles. The Labute approximate surface area is 388 Å². The number of rotatable bonds is 5. The van der Waals surface area contributed by atoms with Crippen molar-refractivity contribution in [1.29, 1.82) is 0 Å². The molecule has 2 aliphatic heterocycles. The zero-order valence-corrected chi connectivity index (χ0v) is 38.4. The van der Waals surface area contributed by atoms with Gasteiger partial charge in [-0.3, -0.25) is 0 Å². The lowest BCUT2D eigenvalue weighted by molar-refractivity contribution is 0.590. The molecular formula is C62H51BN2O. The maximum absolute atomic E-state index is 6.82. The van der Waals surface area contributed by atoms with Crippen molar-refractivity contribution in [1.82, 2.24) is 0 Å². The fourth-order valence-electron chi connectivity index (χ4n) is 10.6. The highest BCUT2D eigenvalue weighted by atomic mass is 16.3. The molecule has 0 spiro atoms. The lowest BCUT2D eigenvalue weighted by atomic mass is 9.42. The van der Waals surface area contributed by atoms with Crippen molar-refractivity contribution < 1.29 is 4.42 Å². The van der Waals surface area contributed by atoms with E-state index in [9.17, 15) is 0 Å². The standard InChI is InChI=1S/C62H51BN2O/c1-61(2,3)45-27-30-47(31-28-45)65-54-37-43(40-18-10-7-11-19-40)26-32-48(54)51-36-44(41-20-12-8-13-21-41)38-55-59(51)63(65)60-53(34-35-57-58(60)49-24-16-17-25-56(49)66-57)64(55)52-33-29-46(62(4,5)6)39-50(52)42-22-14-9-15-23-42/h7-39H,1-6H3. The molecule has 0 unspecified atom stereocenters. The van der Waals surface area contributed by atoms with Crippen LogP contribution >= 0.6 is 0 Å². The van der Waals surface area contributed by atoms with Crippen LogP contribution in [0.15, 0.2) is 205 Å². The summed E-state index contributed by atoms with van der Waals surface area (Å²) in [6, 6.07) is 74.3. The van der Waals surface area contributed by atoms with Gasteiger partial charge in [0.2, 0.25) is 0 Å². The van der Waals surface area contributed by atoms with Crippen molar-refractivity contribution in [3.05, 3.63) is 211 Å². The van der Waals surface area contributed by atoms with E-state index in [1.165, 1.54) is 77.9 Å². The Morgan fingerprint density at radius 2 is 0.970 bits per heavy atom. The van der Waals surface area contributed by atoms with Gasteiger partial charge in [0, 0.05) is 44.6 Å². The van der Waals surface area contributed by atoms with Crippen LogP contribution in [0.25, 0.3) is 66.4 Å². The van der Waals surface area contributed by atoms with Crippen molar-refractivity contribution in [3.8, 4) is 44.5 Å². The maximum Gasteiger partial charge on any atom is 0.333 e. The van der Waals surface area contributed by atoms with Gasteiger partial charge in [-0.15, -0.1) is 0 Å². The Bertz CT molecular complexity index is 3490. The molecule has 2 aliphatic rings. The molecule has 0 saturated carbocycles. The highest BCUT2D eigenvalue weighted by Crippen LogP contribution is 2.52. The number of hydrogen-bond donors (Lipinski definition) is 0. The Morgan fingerprint density at radius 1 is 0.379 bits per heavy atom. The molecule has 0 fully saturated rings. The third-order valence-electron chi connectivity index (χ3n) is 14.0. The van der Waals surface area contributed by atoms with E-state index in [4.69, 9.17) is 4.42 Å². The molecule has 1 aromatic heterocycles. The average Bonchev–Trinajstić information content (AvgIpc) is 3.73. The first kappa shape index (κ1) is 40.0. The fraction of sp³-hybridized carbons (Fsp3) is 0.129. The molecule has 12 rings (SSSR count). The highest BCUT2D eigenvalue weighted by Gasteiger charge is 2.47. The number of benzene rings is 9. The highest BCUT2D eigenvalue weighted by molar-refractivity contribution is 6.95. The summed E-state index contributed by atoms with van der Waals surface area (Å²) in [4.78, 5) is 5.22. The number of furan rings is 1. The van der Waals surface area contributed by atoms with Crippen molar-refractivity contribution in [2.24, 2.45) is 0 Å². The number of nitrogens with zero attached hydrogens (tertiary/aromatic N) is 2. The van der Waals surface area contributed by atoms with Crippen LogP contribution in [0.4, 0.5) is 28.4 Å². The predicted molar refractivity (Wildman–Crippen MR) is 281 cm³/mol. The summed E-state index contributed by atoms with van der Waals surface area (Å²) in [5, 5.41) is 2.27. The summed E-state index contributed by atoms with van der Waals surface area (Å²) in [7, 11) is 0. The molecule has 66 heavy (non-hydrogen) atoms. The van der Waals surface area contributed by atoms with Gasteiger partial charge in [-0.1, -0.05) is 181 Å². The van der Waals surface area contributed by atoms with Gasteiger partial charge in [-0.05, 0) is 127 Å². The van der Waals surface area contributed by atoms with Crippen LogP contribution in [0.1, 0.15) is 52.7 Å². The van der Waals surface area contributed by atoms with Gasteiger partial charge in [0.1, 0.15) is 11.2 Å². The van der Waals surface area contributed by atoms with Crippen LogP contribution in [-0.2, 0) is 10.8 Å². The second-order valence-corrected chi connectivity index (χ2v) is 20.1. The minimum absolute atomic E-state index is 0.00519. The van der Waals surface area contributed by atoms with Crippen molar-refractivity contribution in [3.63, 3.8) is 0 Å². The Hall–Kier alpha value is -7.56. The lowest BCUT2D eigenvalue weighted by Gasteiger charge is -2.46. The van der Waals surface area contributed by atoms with E-state index in [0.29, 0.717) is 0 Å². The predicted octanol–water partition coefficient (Wildman–Crippen LogP) is 15.9. The van der Waals surface area contributed by atoms with Gasteiger partial charge >= 0.3 is 6.85 Å². The molecule has 3 heterocycles. The summed E-state index contributed by atoms with van der Waals surface area (Å²) in [5.41, 5.74) is 22.2. The Morgan fingerprint density at radius 3 is 1.65 bits per heavy atom. The lowest BCUT2D eigenvalue weighted by Crippen LogP contribution is -2.61. The van der Waals surface area contributed by atoms with Crippen LogP contribution in [0.3, 0.4) is 0 Å². The number of fused-ring (bicyclic) bond motifs is 8. The van der Waals surface area contributed by atoms with Crippen LogP contribution < -0.4 is 20.6 Å². The molecule has 3 nitrogen and oxygen atoms in total. The van der Waals surface area contributed by atoms with Crippen LogP contribution in [0, 0.1) is 0 Å². The zero-order valence-electron chi connectivity index (χ0n) is 38.4. The number of hydrogen-bond acceptors (Lipinski definition) is 3. The quantitative estimate of drug-likeness (QED) is 0.161. The van der Waals surface area contributed by atoms with Crippen LogP contribution in [0.5, 0.6) is 0 Å². The van der Waals surface area contributed by atoms with E-state index in [0.717, 1.165) is 39.0 Å². The molecule has 318 valence electrons. The molecule has 0 atom stereocenters. The van der Waals surface area contributed by atoms with Crippen molar-refractivity contribution >= 4 is 68.1 Å². The summed E-state index contributed by atoms with van der Waals surface area (Å²) in [6.45, 7) is 13.6. The number of anilines is 5. The molecule has 10 aromatic rings. The molecule has 9 aromatic carbocycles. The van der Waals surface area contributed by atoms with E-state index in [1.807, 2.05) is 0 Å². The normalized spacial score (nSPS) is 13.2. The number of para-hydroxylation sites is 1. The Kier molecular flexibility index (Phi) is 9.09. The molecule has 0 N–H and O–H groups in total. The molecule has 0 amide bonds. The van der Waals surface area contributed by atoms with Crippen molar-refractivity contribution in [2.45, 2.75) is 52.4 Å². The monoisotopic (exact) mass is 850 g/mol. The second kappa shape index (κ2) is 15.0. The van der Waals surface area contributed by atoms with Gasteiger partial charge in [-0.25, -0.2) is 0 Å². The third kappa shape index (κ3) is 6.42. The van der Waals surface area contributed by atoms with E-state index in [-0.39, 0.29) is 17.7 Å². The van der Waals surface area contributed by atoms with Gasteiger partial charge in [0.05, 0.1) is 5.69 Å². The van der Waals surface area contributed by atoms with Crippen molar-refractivity contribution in [2.75, 3.05) is 9.71 Å². The summed E-state index contributed by atoms with van der Waals surface area (Å²) in [5.74, 6) is 0. The smallest absolute Gasteiger partial charge is 0.333 e. The SMILES string of the molecule is CC(C)(C)c1ccc(N2B3c4c(cc(-c5ccccc5)cc4N(c4ccc(C(C)(C)C)cc4-c4ccccc4)c4ccc5oc6ccccc6c5c43)-c3ccc(-c4ccccc4)cc32)cc1. The van der Waals surface area contributed by atoms with Gasteiger partial charge < -0.3 is 14.1 Å². The summed E-state index contributed by atoms with van der Waals surface area (Å²) in [6.07, 6.45) is 0. The molecule has 0 aliphatic carbocycles. The topological polar surface area (TPSA) is 19.6 Å².